The van der Waals surface area contributed by atoms with Gasteiger partial charge < -0.3 is 25.8 Å². The molecule has 0 fully saturated rings. The highest BCUT2D eigenvalue weighted by Gasteiger charge is 2.25. The van der Waals surface area contributed by atoms with E-state index < -0.39 is 30.1 Å². The van der Waals surface area contributed by atoms with Gasteiger partial charge in [-0.3, -0.25) is 4.79 Å². The molecular weight excluding hydrogens is 346 g/mol. The summed E-state index contributed by atoms with van der Waals surface area (Å²) in [6.07, 6.45) is 1.20. The molecule has 0 saturated heterocycles. The van der Waals surface area contributed by atoms with Crippen molar-refractivity contribution in [2.75, 3.05) is 24.4 Å². The number of primary amides is 1. The summed E-state index contributed by atoms with van der Waals surface area (Å²) in [4.78, 5) is 35.3. The second-order valence-corrected chi connectivity index (χ2v) is 6.13. The van der Waals surface area contributed by atoms with Crippen molar-refractivity contribution in [3.05, 3.63) is 24.3 Å². The summed E-state index contributed by atoms with van der Waals surface area (Å²) >= 11 is 1.51. The van der Waals surface area contributed by atoms with Crippen LogP contribution < -0.4 is 21.1 Å². The Bertz CT molecular complexity index is 594. The van der Waals surface area contributed by atoms with Crippen molar-refractivity contribution >= 4 is 35.4 Å². The van der Waals surface area contributed by atoms with Crippen LogP contribution >= 0.6 is 11.8 Å². The van der Waals surface area contributed by atoms with Crippen LogP contribution in [0.3, 0.4) is 0 Å². The molecule has 9 heteroatoms. The van der Waals surface area contributed by atoms with Crippen LogP contribution in [0.15, 0.2) is 24.3 Å². The van der Waals surface area contributed by atoms with Crippen LogP contribution in [0.4, 0.5) is 10.5 Å². The number of urea groups is 1. The monoisotopic (exact) mass is 369 g/mol. The van der Waals surface area contributed by atoms with Crippen molar-refractivity contribution in [3.8, 4) is 5.75 Å². The smallest absolute Gasteiger partial charge is 0.329 e. The molecule has 0 saturated carbocycles. The summed E-state index contributed by atoms with van der Waals surface area (Å²) in [5.74, 6) is 0.102. The summed E-state index contributed by atoms with van der Waals surface area (Å²) in [7, 11) is 1.54. The van der Waals surface area contributed by atoms with Gasteiger partial charge in [0.15, 0.2) is 6.10 Å². The number of amides is 3. The number of esters is 1. The first-order chi connectivity index (χ1) is 11.9. The van der Waals surface area contributed by atoms with Gasteiger partial charge in [-0.25, -0.2) is 9.59 Å². The molecule has 1 rings (SSSR count). The van der Waals surface area contributed by atoms with E-state index in [-0.39, 0.29) is 0 Å². The summed E-state index contributed by atoms with van der Waals surface area (Å²) in [5, 5.41) is 4.96. The van der Waals surface area contributed by atoms with Gasteiger partial charge in [-0.05, 0) is 49.6 Å². The maximum absolute atomic E-state index is 12.1. The number of methoxy groups -OCH3 is 1. The summed E-state index contributed by atoms with van der Waals surface area (Å²) < 4.78 is 10.2. The molecule has 0 aliphatic rings. The minimum atomic E-state index is -1.03. The normalized spacial score (nSPS) is 12.6. The van der Waals surface area contributed by atoms with Crippen molar-refractivity contribution in [2.45, 2.75) is 25.5 Å². The second-order valence-electron chi connectivity index (χ2n) is 5.14. The van der Waals surface area contributed by atoms with Crippen molar-refractivity contribution in [3.63, 3.8) is 0 Å². The Labute approximate surface area is 150 Å². The molecule has 0 radical (unpaired) electrons. The van der Waals surface area contributed by atoms with Gasteiger partial charge in [-0.15, -0.1) is 0 Å². The number of nitrogens with one attached hydrogen (secondary N) is 2. The number of hydrogen-bond donors (Lipinski definition) is 3. The van der Waals surface area contributed by atoms with Gasteiger partial charge in [0.2, 0.25) is 0 Å². The molecular formula is C16H23N3O5S. The van der Waals surface area contributed by atoms with Gasteiger partial charge >= 0.3 is 12.0 Å². The molecule has 0 aliphatic heterocycles. The second kappa shape index (κ2) is 10.4. The molecule has 0 heterocycles. The Morgan fingerprint density at radius 2 is 1.88 bits per heavy atom. The lowest BCUT2D eigenvalue weighted by Crippen LogP contribution is -2.46. The van der Waals surface area contributed by atoms with Crippen LogP contribution in [-0.4, -0.2) is 49.2 Å². The lowest BCUT2D eigenvalue weighted by molar-refractivity contribution is -0.155. The first-order valence-electron chi connectivity index (χ1n) is 7.57. The number of rotatable bonds is 9. The largest absolute Gasteiger partial charge is 0.497 e. The number of thioether (sulfide) groups is 1. The van der Waals surface area contributed by atoms with Crippen LogP contribution in [0.25, 0.3) is 0 Å². The SMILES string of the molecule is COc1ccc(NC(=O)[C@H](C)OC(=O)[C@H](CCSC)NC(N)=O)cc1. The molecule has 138 valence electrons. The van der Waals surface area contributed by atoms with Gasteiger partial charge in [-0.2, -0.15) is 11.8 Å². The molecule has 0 aromatic heterocycles. The fraction of sp³-hybridized carbons (Fsp3) is 0.438. The summed E-state index contributed by atoms with van der Waals surface area (Å²) in [5.41, 5.74) is 5.61. The van der Waals surface area contributed by atoms with E-state index in [2.05, 4.69) is 10.6 Å². The van der Waals surface area contributed by atoms with Crippen LogP contribution in [0.5, 0.6) is 5.75 Å². The molecule has 4 N–H and O–H groups in total. The Balaban J connectivity index is 2.60. The van der Waals surface area contributed by atoms with Crippen molar-refractivity contribution in [1.29, 1.82) is 0 Å². The third-order valence-electron chi connectivity index (χ3n) is 3.23. The maximum Gasteiger partial charge on any atom is 0.329 e. The van der Waals surface area contributed by atoms with E-state index in [0.29, 0.717) is 23.6 Å². The van der Waals surface area contributed by atoms with E-state index in [4.69, 9.17) is 15.2 Å². The molecule has 0 aliphatic carbocycles. The average molecular weight is 369 g/mol. The van der Waals surface area contributed by atoms with Crippen LogP contribution in [0, 0.1) is 0 Å². The highest BCUT2D eigenvalue weighted by molar-refractivity contribution is 7.98. The van der Waals surface area contributed by atoms with E-state index in [1.54, 1.807) is 31.4 Å². The molecule has 1 aromatic carbocycles. The number of anilines is 1. The quantitative estimate of drug-likeness (QED) is 0.565. The fourth-order valence-corrected chi connectivity index (χ4v) is 2.36. The zero-order valence-corrected chi connectivity index (χ0v) is 15.2. The standard InChI is InChI=1S/C16H23N3O5S/c1-10(14(20)18-11-4-6-12(23-2)7-5-11)24-15(21)13(8-9-25-3)19-16(17)22/h4-7,10,13H,8-9H2,1-3H3,(H,18,20)(H3,17,19,22)/t10-,13-/m0/s1. The first kappa shape index (κ1) is 20.6. The van der Waals surface area contributed by atoms with Gasteiger partial charge in [0, 0.05) is 5.69 Å². The maximum atomic E-state index is 12.1. The van der Waals surface area contributed by atoms with Crippen LogP contribution in [-0.2, 0) is 14.3 Å². The van der Waals surface area contributed by atoms with Crippen molar-refractivity contribution in [2.24, 2.45) is 5.73 Å². The third-order valence-corrected chi connectivity index (χ3v) is 3.88. The first-order valence-corrected chi connectivity index (χ1v) is 8.97. The van der Waals surface area contributed by atoms with Gasteiger partial charge in [0.05, 0.1) is 7.11 Å². The molecule has 25 heavy (non-hydrogen) atoms. The number of ether oxygens (including phenoxy) is 2. The lowest BCUT2D eigenvalue weighted by atomic mass is 10.2. The Hall–Kier alpha value is -2.42. The van der Waals surface area contributed by atoms with Crippen molar-refractivity contribution in [1.82, 2.24) is 5.32 Å². The third kappa shape index (κ3) is 7.34. The zero-order chi connectivity index (χ0) is 18.8. The number of hydrogen-bond acceptors (Lipinski definition) is 6. The average Bonchev–Trinajstić information content (AvgIpc) is 2.58. The highest BCUT2D eigenvalue weighted by atomic mass is 32.2. The minimum absolute atomic E-state index is 0.357. The van der Waals surface area contributed by atoms with Gasteiger partial charge in [0.25, 0.3) is 5.91 Å². The fourth-order valence-electron chi connectivity index (χ4n) is 1.88. The minimum Gasteiger partial charge on any atom is -0.497 e. The topological polar surface area (TPSA) is 120 Å². The Morgan fingerprint density at radius 1 is 1.24 bits per heavy atom. The molecule has 0 spiro atoms. The van der Waals surface area contributed by atoms with Crippen molar-refractivity contribution < 1.29 is 23.9 Å². The Morgan fingerprint density at radius 3 is 2.40 bits per heavy atom. The lowest BCUT2D eigenvalue weighted by Gasteiger charge is -2.19. The van der Waals surface area contributed by atoms with Crippen LogP contribution in [0.1, 0.15) is 13.3 Å². The summed E-state index contributed by atoms with van der Waals surface area (Å²) in [6.45, 7) is 1.45. The number of nitrogens with two attached hydrogens (primary N) is 1. The number of carbonyl (C=O) groups excluding carboxylic acids is 3. The molecule has 3 amide bonds. The molecule has 8 nitrogen and oxygen atoms in total. The van der Waals surface area contributed by atoms with Crippen LogP contribution in [0.2, 0.25) is 0 Å². The van der Waals surface area contributed by atoms with Gasteiger partial charge in [-0.1, -0.05) is 0 Å². The molecule has 0 bridgehead atoms. The number of carbonyl (C=O) groups is 3. The molecule has 0 unspecified atom stereocenters. The van der Waals surface area contributed by atoms with E-state index in [9.17, 15) is 14.4 Å². The van der Waals surface area contributed by atoms with E-state index in [0.717, 1.165) is 0 Å². The predicted molar refractivity (Wildman–Crippen MR) is 96.7 cm³/mol. The highest BCUT2D eigenvalue weighted by Crippen LogP contribution is 2.15. The van der Waals surface area contributed by atoms with Gasteiger partial charge in [0.1, 0.15) is 11.8 Å². The number of benzene rings is 1. The van der Waals surface area contributed by atoms with E-state index in [1.807, 2.05) is 6.26 Å². The zero-order valence-electron chi connectivity index (χ0n) is 14.4. The van der Waals surface area contributed by atoms with E-state index in [1.165, 1.54) is 18.7 Å². The molecule has 2 atom stereocenters. The molecule has 1 aromatic rings. The summed E-state index contributed by atoms with van der Waals surface area (Å²) in [6, 6.07) is 5.02. The Kier molecular flexibility index (Phi) is 8.62. The van der Waals surface area contributed by atoms with E-state index >= 15 is 0 Å². The predicted octanol–water partition coefficient (Wildman–Crippen LogP) is 1.36.